The molecule has 2 fully saturated rings. The number of rotatable bonds is 0. The highest BCUT2D eigenvalue weighted by molar-refractivity contribution is 5.74. The summed E-state index contributed by atoms with van der Waals surface area (Å²) in [6.07, 6.45) is 0.801. The first-order valence-corrected chi connectivity index (χ1v) is 4.34. The standard InChI is InChI=1S/C9H14O3/c1-9(2,3)5-4-6-8(11-6)12-7(5)10/h5-6,8H,4H2,1-3H3. The Balaban J connectivity index is 2.09. The molecular weight excluding hydrogens is 156 g/mol. The van der Waals surface area contributed by atoms with Crippen molar-refractivity contribution < 1.29 is 14.3 Å². The molecule has 3 nitrogen and oxygen atoms in total. The van der Waals surface area contributed by atoms with Crippen LogP contribution in [0, 0.1) is 11.3 Å². The number of carbonyl (C=O) groups is 1. The number of hydrogen-bond acceptors (Lipinski definition) is 3. The van der Waals surface area contributed by atoms with Gasteiger partial charge in [0, 0.05) is 0 Å². The largest absolute Gasteiger partial charge is 0.433 e. The number of hydrogen-bond donors (Lipinski definition) is 0. The fourth-order valence-corrected chi connectivity index (χ4v) is 1.63. The number of fused-ring (bicyclic) bond motifs is 1. The molecular formula is C9H14O3. The van der Waals surface area contributed by atoms with Crippen molar-refractivity contribution in [3.63, 3.8) is 0 Å². The molecule has 0 spiro atoms. The summed E-state index contributed by atoms with van der Waals surface area (Å²) in [6.45, 7) is 6.17. The smallest absolute Gasteiger partial charge is 0.311 e. The molecule has 0 amide bonds. The van der Waals surface area contributed by atoms with Crippen molar-refractivity contribution >= 4 is 5.97 Å². The second-order valence-electron chi connectivity index (χ2n) is 4.63. The van der Waals surface area contributed by atoms with Crippen molar-refractivity contribution in [3.05, 3.63) is 0 Å². The monoisotopic (exact) mass is 170 g/mol. The molecule has 0 aromatic heterocycles. The van der Waals surface area contributed by atoms with Gasteiger partial charge in [-0.25, -0.2) is 0 Å². The van der Waals surface area contributed by atoms with Gasteiger partial charge in [0.15, 0.2) is 0 Å². The van der Waals surface area contributed by atoms with E-state index >= 15 is 0 Å². The second-order valence-corrected chi connectivity index (χ2v) is 4.63. The van der Waals surface area contributed by atoms with E-state index in [4.69, 9.17) is 9.47 Å². The molecule has 0 aliphatic carbocycles. The summed E-state index contributed by atoms with van der Waals surface area (Å²) >= 11 is 0. The van der Waals surface area contributed by atoms with Crippen molar-refractivity contribution in [2.75, 3.05) is 0 Å². The predicted molar refractivity (Wildman–Crippen MR) is 42.3 cm³/mol. The predicted octanol–water partition coefficient (Wildman–Crippen LogP) is 1.32. The molecule has 2 aliphatic heterocycles. The average molecular weight is 170 g/mol. The van der Waals surface area contributed by atoms with Gasteiger partial charge in [-0.1, -0.05) is 20.8 Å². The Hall–Kier alpha value is -0.570. The van der Waals surface area contributed by atoms with Gasteiger partial charge < -0.3 is 9.47 Å². The van der Waals surface area contributed by atoms with Crippen LogP contribution in [0.3, 0.4) is 0 Å². The zero-order valence-corrected chi connectivity index (χ0v) is 7.66. The Morgan fingerprint density at radius 3 is 2.67 bits per heavy atom. The molecule has 0 N–H and O–H groups in total. The summed E-state index contributed by atoms with van der Waals surface area (Å²) in [5, 5.41) is 0. The van der Waals surface area contributed by atoms with Crippen LogP contribution >= 0.6 is 0 Å². The van der Waals surface area contributed by atoms with E-state index in [2.05, 4.69) is 20.8 Å². The van der Waals surface area contributed by atoms with Crippen LogP contribution in [0.25, 0.3) is 0 Å². The molecule has 0 saturated carbocycles. The first kappa shape index (κ1) is 8.05. The van der Waals surface area contributed by atoms with Gasteiger partial charge in [0.1, 0.15) is 6.10 Å². The van der Waals surface area contributed by atoms with E-state index < -0.39 is 0 Å². The van der Waals surface area contributed by atoms with Crippen LogP contribution in [0.5, 0.6) is 0 Å². The summed E-state index contributed by atoms with van der Waals surface area (Å²) in [5.74, 6) is -0.0949. The Labute approximate surface area is 72.0 Å². The highest BCUT2D eigenvalue weighted by Crippen LogP contribution is 2.42. The van der Waals surface area contributed by atoms with Gasteiger partial charge in [-0.2, -0.15) is 0 Å². The van der Waals surface area contributed by atoms with Crippen LogP contribution in [-0.2, 0) is 14.3 Å². The zero-order chi connectivity index (χ0) is 8.93. The topological polar surface area (TPSA) is 38.8 Å². The molecule has 2 rings (SSSR count). The van der Waals surface area contributed by atoms with Crippen LogP contribution in [0.4, 0.5) is 0 Å². The lowest BCUT2D eigenvalue weighted by Crippen LogP contribution is -2.35. The Kier molecular flexibility index (Phi) is 1.49. The van der Waals surface area contributed by atoms with Crippen molar-refractivity contribution in [3.8, 4) is 0 Å². The average Bonchev–Trinajstić information content (AvgIpc) is 2.61. The third-order valence-corrected chi connectivity index (χ3v) is 2.57. The molecule has 2 heterocycles. The van der Waals surface area contributed by atoms with E-state index in [1.165, 1.54) is 0 Å². The Morgan fingerprint density at radius 1 is 1.42 bits per heavy atom. The maximum absolute atomic E-state index is 11.4. The third kappa shape index (κ3) is 1.22. The van der Waals surface area contributed by atoms with Crippen LogP contribution in [0.1, 0.15) is 27.2 Å². The molecule has 2 saturated heterocycles. The van der Waals surface area contributed by atoms with Crippen molar-refractivity contribution in [1.29, 1.82) is 0 Å². The van der Waals surface area contributed by atoms with Gasteiger partial charge in [0.2, 0.25) is 6.29 Å². The number of esters is 1. The molecule has 0 aromatic carbocycles. The summed E-state index contributed by atoms with van der Waals surface area (Å²) in [7, 11) is 0. The van der Waals surface area contributed by atoms with E-state index in [1.54, 1.807) is 0 Å². The normalized spacial score (nSPS) is 40.2. The molecule has 0 bridgehead atoms. The lowest BCUT2D eigenvalue weighted by Gasteiger charge is -2.29. The van der Waals surface area contributed by atoms with Crippen LogP contribution in [-0.4, -0.2) is 18.4 Å². The van der Waals surface area contributed by atoms with Gasteiger partial charge in [-0.15, -0.1) is 0 Å². The summed E-state index contributed by atoms with van der Waals surface area (Å²) in [4.78, 5) is 11.4. The van der Waals surface area contributed by atoms with E-state index in [0.717, 1.165) is 6.42 Å². The Bertz CT molecular complexity index is 216. The van der Waals surface area contributed by atoms with Gasteiger partial charge in [-0.05, 0) is 11.8 Å². The molecule has 3 heteroatoms. The van der Waals surface area contributed by atoms with E-state index in [0.29, 0.717) is 0 Å². The zero-order valence-electron chi connectivity index (χ0n) is 7.66. The van der Waals surface area contributed by atoms with Gasteiger partial charge in [-0.3, -0.25) is 4.79 Å². The summed E-state index contributed by atoms with van der Waals surface area (Å²) in [6, 6.07) is 0. The fourth-order valence-electron chi connectivity index (χ4n) is 1.63. The van der Waals surface area contributed by atoms with Gasteiger partial charge in [0.05, 0.1) is 5.92 Å². The van der Waals surface area contributed by atoms with Crippen molar-refractivity contribution in [2.24, 2.45) is 11.3 Å². The fraction of sp³-hybridized carbons (Fsp3) is 0.889. The van der Waals surface area contributed by atoms with E-state index in [-0.39, 0.29) is 29.7 Å². The molecule has 2 aliphatic rings. The maximum Gasteiger partial charge on any atom is 0.311 e. The molecule has 68 valence electrons. The third-order valence-electron chi connectivity index (χ3n) is 2.57. The quantitative estimate of drug-likeness (QED) is 0.406. The maximum atomic E-state index is 11.4. The van der Waals surface area contributed by atoms with Crippen LogP contribution < -0.4 is 0 Å². The molecule has 0 radical (unpaired) electrons. The molecule has 0 aromatic rings. The molecule has 12 heavy (non-hydrogen) atoms. The lowest BCUT2D eigenvalue weighted by molar-refractivity contribution is -0.159. The number of epoxide rings is 1. The SMILES string of the molecule is CC(C)(C)C1CC2OC2OC1=O. The second kappa shape index (κ2) is 2.22. The Morgan fingerprint density at radius 2 is 2.08 bits per heavy atom. The van der Waals surface area contributed by atoms with Gasteiger partial charge in [0.25, 0.3) is 0 Å². The van der Waals surface area contributed by atoms with E-state index in [1.807, 2.05) is 0 Å². The number of carbonyl (C=O) groups excluding carboxylic acids is 1. The van der Waals surface area contributed by atoms with Crippen LogP contribution in [0.15, 0.2) is 0 Å². The minimum absolute atomic E-state index is 0.00116. The molecule has 3 atom stereocenters. The number of ether oxygens (including phenoxy) is 2. The summed E-state index contributed by atoms with van der Waals surface area (Å²) in [5.41, 5.74) is -0.00595. The van der Waals surface area contributed by atoms with Crippen LogP contribution in [0.2, 0.25) is 0 Å². The van der Waals surface area contributed by atoms with Gasteiger partial charge >= 0.3 is 5.97 Å². The highest BCUT2D eigenvalue weighted by atomic mass is 16.8. The van der Waals surface area contributed by atoms with E-state index in [9.17, 15) is 4.79 Å². The minimum Gasteiger partial charge on any atom is -0.433 e. The summed E-state index contributed by atoms with van der Waals surface area (Å²) < 4.78 is 10.2. The first-order chi connectivity index (χ1) is 5.48. The molecule has 3 unspecified atom stereocenters. The highest BCUT2D eigenvalue weighted by Gasteiger charge is 2.53. The van der Waals surface area contributed by atoms with Crippen molar-refractivity contribution in [2.45, 2.75) is 39.6 Å². The first-order valence-electron chi connectivity index (χ1n) is 4.34. The van der Waals surface area contributed by atoms with Crippen molar-refractivity contribution in [1.82, 2.24) is 0 Å². The minimum atomic E-state index is -0.212. The lowest BCUT2D eigenvalue weighted by atomic mass is 9.77.